The number of amides is 1. The van der Waals surface area contributed by atoms with Crippen LogP contribution in [-0.2, 0) is 25.7 Å². The van der Waals surface area contributed by atoms with Crippen LogP contribution in [0.15, 0.2) is 30.3 Å². The van der Waals surface area contributed by atoms with Gasteiger partial charge in [0, 0.05) is 37.9 Å². The number of rotatable bonds is 13. The Hall–Kier alpha value is -2.28. The lowest BCUT2D eigenvalue weighted by molar-refractivity contribution is -0.164. The van der Waals surface area contributed by atoms with Crippen LogP contribution in [-0.4, -0.2) is 47.0 Å². The van der Waals surface area contributed by atoms with Gasteiger partial charge in [-0.15, -0.1) is 0 Å². The number of carbonyl (C=O) groups excluding carboxylic acids is 3. The van der Waals surface area contributed by atoms with Crippen LogP contribution in [0.25, 0.3) is 0 Å². The summed E-state index contributed by atoms with van der Waals surface area (Å²) in [6.45, 7) is 9.46. The monoisotopic (exact) mass is 476 g/mol. The maximum Gasteiger partial charge on any atom is 0.325 e. The molecule has 7 heteroatoms. The molecule has 0 aliphatic carbocycles. The summed E-state index contributed by atoms with van der Waals surface area (Å²) in [5.74, 6) is -0.883. The Bertz CT molecular complexity index is 803. The number of hydrogen-bond donors (Lipinski definition) is 1. The minimum atomic E-state index is -1.64. The SMILES string of the molecule is CCCC(F)OC(=O)[C@H]1C[C@@H](C(C)=O)[C@@H](CC(CCC)C(C)NC(C)=O)N1Cc1ccccc1. The number of nitrogens with zero attached hydrogens (tertiary/aromatic N) is 1. The molecule has 0 aromatic heterocycles. The Labute approximate surface area is 203 Å². The molecule has 1 aliphatic rings. The van der Waals surface area contributed by atoms with Gasteiger partial charge in [0.2, 0.25) is 12.3 Å². The van der Waals surface area contributed by atoms with E-state index in [1.165, 1.54) is 6.92 Å². The van der Waals surface area contributed by atoms with Crippen molar-refractivity contribution in [1.82, 2.24) is 10.2 Å². The van der Waals surface area contributed by atoms with Gasteiger partial charge in [-0.05, 0) is 51.0 Å². The first-order chi connectivity index (χ1) is 16.2. The van der Waals surface area contributed by atoms with Gasteiger partial charge in [-0.1, -0.05) is 50.6 Å². The molecule has 6 nitrogen and oxygen atoms in total. The Balaban J connectivity index is 2.37. The second-order valence-electron chi connectivity index (χ2n) is 9.60. The van der Waals surface area contributed by atoms with E-state index < -0.39 is 18.4 Å². The van der Waals surface area contributed by atoms with Gasteiger partial charge in [-0.25, -0.2) is 4.39 Å². The van der Waals surface area contributed by atoms with Crippen LogP contribution in [0.4, 0.5) is 4.39 Å². The molecular weight excluding hydrogens is 435 g/mol. The van der Waals surface area contributed by atoms with Gasteiger partial charge in [0.05, 0.1) is 0 Å². The molecule has 1 saturated heterocycles. The van der Waals surface area contributed by atoms with Crippen molar-refractivity contribution < 1.29 is 23.5 Å². The van der Waals surface area contributed by atoms with Crippen LogP contribution >= 0.6 is 0 Å². The number of ether oxygens (including phenoxy) is 1. The van der Waals surface area contributed by atoms with E-state index >= 15 is 0 Å². The Morgan fingerprint density at radius 3 is 2.32 bits per heavy atom. The average molecular weight is 477 g/mol. The van der Waals surface area contributed by atoms with Crippen LogP contribution in [0.5, 0.6) is 0 Å². The number of ketones is 1. The van der Waals surface area contributed by atoms with E-state index in [0.717, 1.165) is 18.4 Å². The van der Waals surface area contributed by atoms with Gasteiger partial charge in [0.1, 0.15) is 11.8 Å². The number of likely N-dealkylation sites (tertiary alicyclic amines) is 1. The number of nitrogens with one attached hydrogen (secondary N) is 1. The molecule has 1 aromatic carbocycles. The van der Waals surface area contributed by atoms with Gasteiger partial charge < -0.3 is 10.1 Å². The third-order valence-corrected chi connectivity index (χ3v) is 6.87. The van der Waals surface area contributed by atoms with Gasteiger partial charge in [0.25, 0.3) is 0 Å². The van der Waals surface area contributed by atoms with Gasteiger partial charge in [-0.2, -0.15) is 0 Å². The van der Waals surface area contributed by atoms with E-state index in [1.54, 1.807) is 6.92 Å². The standard InChI is InChI=1S/C27H41FN2O4/c1-6-11-22(18(3)29-20(5)32)15-24-23(19(4)31)16-25(27(33)34-26(28)12-7-2)30(24)17-21-13-9-8-10-14-21/h8-10,13-14,18,22-26H,6-7,11-12,15-17H2,1-5H3,(H,29,32)/t18?,22?,23-,24+,25+,26?/m0/s1. The van der Waals surface area contributed by atoms with E-state index in [-0.39, 0.29) is 42.0 Å². The van der Waals surface area contributed by atoms with Crippen LogP contribution < -0.4 is 5.32 Å². The summed E-state index contributed by atoms with van der Waals surface area (Å²) in [5, 5.41) is 3.00. The predicted molar refractivity (Wildman–Crippen MR) is 131 cm³/mol. The van der Waals surface area contributed by atoms with Crippen molar-refractivity contribution in [1.29, 1.82) is 0 Å². The maximum atomic E-state index is 14.2. The van der Waals surface area contributed by atoms with Crippen molar-refractivity contribution in [2.24, 2.45) is 11.8 Å². The molecule has 1 heterocycles. The highest BCUT2D eigenvalue weighted by Gasteiger charge is 2.48. The molecule has 34 heavy (non-hydrogen) atoms. The van der Waals surface area contributed by atoms with Crippen LogP contribution in [0.3, 0.4) is 0 Å². The smallest absolute Gasteiger partial charge is 0.325 e. The number of halogens is 1. The van der Waals surface area contributed by atoms with Gasteiger partial charge in [-0.3, -0.25) is 19.3 Å². The van der Waals surface area contributed by atoms with Gasteiger partial charge in [0.15, 0.2) is 0 Å². The second-order valence-corrected chi connectivity index (χ2v) is 9.60. The van der Waals surface area contributed by atoms with E-state index in [9.17, 15) is 18.8 Å². The largest absolute Gasteiger partial charge is 0.430 e. The Morgan fingerprint density at radius 2 is 1.76 bits per heavy atom. The summed E-state index contributed by atoms with van der Waals surface area (Å²) in [5.41, 5.74) is 1.02. The first kappa shape index (κ1) is 28.0. The Kier molecular flexibility index (Phi) is 11.2. The van der Waals surface area contributed by atoms with E-state index in [0.29, 0.717) is 25.8 Å². The maximum absolute atomic E-state index is 14.2. The number of benzene rings is 1. The van der Waals surface area contributed by atoms with Crippen LogP contribution in [0, 0.1) is 11.8 Å². The zero-order chi connectivity index (χ0) is 25.3. The van der Waals surface area contributed by atoms with Gasteiger partial charge >= 0.3 is 5.97 Å². The van der Waals surface area contributed by atoms with Crippen molar-refractivity contribution in [3.8, 4) is 0 Å². The minimum absolute atomic E-state index is 0.0196. The molecule has 0 spiro atoms. The highest BCUT2D eigenvalue weighted by Crippen LogP contribution is 2.38. The van der Waals surface area contributed by atoms with Crippen LogP contribution in [0.1, 0.15) is 78.7 Å². The molecule has 3 unspecified atom stereocenters. The van der Waals surface area contributed by atoms with Crippen molar-refractivity contribution in [2.75, 3.05) is 0 Å². The summed E-state index contributed by atoms with van der Waals surface area (Å²) in [4.78, 5) is 39.5. The number of hydrogen-bond acceptors (Lipinski definition) is 5. The summed E-state index contributed by atoms with van der Waals surface area (Å²) in [6, 6.07) is 8.83. The van der Waals surface area contributed by atoms with Crippen molar-refractivity contribution in [3.05, 3.63) is 35.9 Å². The molecule has 1 aromatic rings. The predicted octanol–water partition coefficient (Wildman–Crippen LogP) is 4.80. The normalized spacial score (nSPS) is 23.2. The van der Waals surface area contributed by atoms with E-state index in [1.807, 2.05) is 49.1 Å². The number of esters is 1. The molecule has 1 aliphatic heterocycles. The topological polar surface area (TPSA) is 75.7 Å². The molecule has 0 bridgehead atoms. The molecule has 1 N–H and O–H groups in total. The molecule has 6 atom stereocenters. The van der Waals surface area contributed by atoms with E-state index in [4.69, 9.17) is 4.74 Å². The number of alkyl halides is 1. The zero-order valence-corrected chi connectivity index (χ0v) is 21.3. The summed E-state index contributed by atoms with van der Waals surface area (Å²) in [6.07, 6.45) is 1.89. The molecular formula is C27H41FN2O4. The van der Waals surface area contributed by atoms with Crippen LogP contribution in [0.2, 0.25) is 0 Å². The van der Waals surface area contributed by atoms with E-state index in [2.05, 4.69) is 12.2 Å². The third kappa shape index (κ3) is 7.90. The number of Topliss-reactive ketones (excluding diaryl/α,β-unsaturated/α-hetero) is 1. The molecule has 190 valence electrons. The molecule has 0 saturated carbocycles. The highest BCUT2D eigenvalue weighted by atomic mass is 19.1. The molecule has 1 amide bonds. The quantitative estimate of drug-likeness (QED) is 0.414. The van der Waals surface area contributed by atoms with Crippen molar-refractivity contribution >= 4 is 17.7 Å². The third-order valence-electron chi connectivity index (χ3n) is 6.87. The first-order valence-electron chi connectivity index (χ1n) is 12.6. The zero-order valence-electron chi connectivity index (χ0n) is 21.3. The number of carbonyl (C=O) groups is 3. The summed E-state index contributed by atoms with van der Waals surface area (Å²) < 4.78 is 19.3. The fourth-order valence-corrected chi connectivity index (χ4v) is 5.17. The second kappa shape index (κ2) is 13.6. The lowest BCUT2D eigenvalue weighted by Crippen LogP contribution is -2.46. The van der Waals surface area contributed by atoms with Crippen molar-refractivity contribution in [3.63, 3.8) is 0 Å². The summed E-state index contributed by atoms with van der Waals surface area (Å²) >= 11 is 0. The fraction of sp³-hybridized carbons (Fsp3) is 0.667. The first-order valence-corrected chi connectivity index (χ1v) is 12.6. The average Bonchev–Trinajstić information content (AvgIpc) is 3.12. The minimum Gasteiger partial charge on any atom is -0.430 e. The van der Waals surface area contributed by atoms with Crippen molar-refractivity contribution in [2.45, 2.75) is 104 Å². The summed E-state index contributed by atoms with van der Waals surface area (Å²) in [7, 11) is 0. The fourth-order valence-electron chi connectivity index (χ4n) is 5.17. The molecule has 1 fully saturated rings. The molecule has 2 rings (SSSR count). The lowest BCUT2D eigenvalue weighted by atomic mass is 9.83. The molecule has 0 radical (unpaired) electrons. The Morgan fingerprint density at radius 1 is 1.12 bits per heavy atom. The highest BCUT2D eigenvalue weighted by molar-refractivity contribution is 5.83. The lowest BCUT2D eigenvalue weighted by Gasteiger charge is -2.35.